The number of nitrogens with one attached hydrogen (secondary N) is 2. The van der Waals surface area contributed by atoms with Gasteiger partial charge in [0.25, 0.3) is 0 Å². The highest BCUT2D eigenvalue weighted by atomic mass is 16.5. The van der Waals surface area contributed by atoms with E-state index in [1.807, 2.05) is 30.3 Å². The lowest BCUT2D eigenvalue weighted by molar-refractivity contribution is 0.107. The van der Waals surface area contributed by atoms with Crippen LogP contribution in [0.1, 0.15) is 24.8 Å². The standard InChI is InChI=1S/C14H20N2O2/c1-18-13-8-7-12(9-13)16-14(17)15-10-11-5-3-2-4-6-11/h2-6,12-13H,7-10H2,1H3,(H2,15,16,17). The predicted octanol–water partition coefficient (Wildman–Crippen LogP) is 2.05. The summed E-state index contributed by atoms with van der Waals surface area (Å²) in [4.78, 5) is 11.7. The molecule has 2 rings (SSSR count). The average Bonchev–Trinajstić information content (AvgIpc) is 2.85. The van der Waals surface area contributed by atoms with Gasteiger partial charge in [-0.1, -0.05) is 30.3 Å². The van der Waals surface area contributed by atoms with E-state index >= 15 is 0 Å². The first-order valence-electron chi connectivity index (χ1n) is 6.39. The fraction of sp³-hybridized carbons (Fsp3) is 0.500. The molecule has 0 saturated heterocycles. The quantitative estimate of drug-likeness (QED) is 0.857. The van der Waals surface area contributed by atoms with Crippen molar-refractivity contribution >= 4 is 6.03 Å². The molecule has 18 heavy (non-hydrogen) atoms. The number of ether oxygens (including phenoxy) is 1. The third-order valence-electron chi connectivity index (χ3n) is 3.35. The number of urea groups is 1. The molecule has 2 N–H and O–H groups in total. The molecule has 0 bridgehead atoms. The number of hydrogen-bond acceptors (Lipinski definition) is 2. The smallest absolute Gasteiger partial charge is 0.315 e. The summed E-state index contributed by atoms with van der Waals surface area (Å²) in [5, 5.41) is 5.85. The minimum atomic E-state index is -0.0967. The van der Waals surface area contributed by atoms with Crippen molar-refractivity contribution < 1.29 is 9.53 Å². The van der Waals surface area contributed by atoms with E-state index in [0.29, 0.717) is 12.6 Å². The van der Waals surface area contributed by atoms with Crippen LogP contribution in [0.5, 0.6) is 0 Å². The van der Waals surface area contributed by atoms with Crippen molar-refractivity contribution in [3.8, 4) is 0 Å². The Bertz CT molecular complexity index is 381. The Balaban J connectivity index is 1.70. The van der Waals surface area contributed by atoms with Crippen molar-refractivity contribution in [2.75, 3.05) is 7.11 Å². The number of hydrogen-bond donors (Lipinski definition) is 2. The van der Waals surface area contributed by atoms with Gasteiger partial charge in [0.05, 0.1) is 6.10 Å². The van der Waals surface area contributed by atoms with Crippen LogP contribution in [0.25, 0.3) is 0 Å². The van der Waals surface area contributed by atoms with Gasteiger partial charge in [0, 0.05) is 19.7 Å². The zero-order valence-corrected chi connectivity index (χ0v) is 10.7. The van der Waals surface area contributed by atoms with Gasteiger partial charge in [0.15, 0.2) is 0 Å². The Morgan fingerprint density at radius 2 is 2.11 bits per heavy atom. The van der Waals surface area contributed by atoms with Crippen LogP contribution in [0.15, 0.2) is 30.3 Å². The van der Waals surface area contributed by atoms with Gasteiger partial charge in [0.2, 0.25) is 0 Å². The van der Waals surface area contributed by atoms with E-state index < -0.39 is 0 Å². The Kier molecular flexibility index (Phi) is 4.59. The van der Waals surface area contributed by atoms with E-state index in [1.165, 1.54) is 0 Å². The molecule has 2 amide bonds. The maximum atomic E-state index is 11.7. The summed E-state index contributed by atoms with van der Waals surface area (Å²) in [6, 6.07) is 10.0. The summed E-state index contributed by atoms with van der Waals surface area (Å²) >= 11 is 0. The van der Waals surface area contributed by atoms with Crippen molar-refractivity contribution in [3.05, 3.63) is 35.9 Å². The molecule has 0 aliphatic heterocycles. The van der Waals surface area contributed by atoms with Crippen LogP contribution in [0.3, 0.4) is 0 Å². The topological polar surface area (TPSA) is 50.4 Å². The monoisotopic (exact) mass is 248 g/mol. The van der Waals surface area contributed by atoms with E-state index in [2.05, 4.69) is 10.6 Å². The molecule has 0 spiro atoms. The SMILES string of the molecule is COC1CCC(NC(=O)NCc2ccccc2)C1. The number of methoxy groups -OCH3 is 1. The van der Waals surface area contributed by atoms with E-state index in [-0.39, 0.29) is 12.1 Å². The Morgan fingerprint density at radius 3 is 2.78 bits per heavy atom. The molecule has 98 valence electrons. The van der Waals surface area contributed by atoms with Gasteiger partial charge in [-0.25, -0.2) is 4.79 Å². The number of benzene rings is 1. The fourth-order valence-electron chi connectivity index (χ4n) is 2.30. The normalized spacial score (nSPS) is 22.7. The molecule has 1 saturated carbocycles. The maximum Gasteiger partial charge on any atom is 0.315 e. The summed E-state index contributed by atoms with van der Waals surface area (Å²) in [6.45, 7) is 0.563. The second kappa shape index (κ2) is 6.40. The summed E-state index contributed by atoms with van der Waals surface area (Å²) in [5.41, 5.74) is 1.11. The molecule has 0 radical (unpaired) electrons. The zero-order chi connectivity index (χ0) is 12.8. The second-order valence-electron chi connectivity index (χ2n) is 4.68. The molecule has 0 aromatic heterocycles. The van der Waals surface area contributed by atoms with Gasteiger partial charge in [-0.3, -0.25) is 0 Å². The van der Waals surface area contributed by atoms with Crippen molar-refractivity contribution in [1.29, 1.82) is 0 Å². The van der Waals surface area contributed by atoms with E-state index in [4.69, 9.17) is 4.74 Å². The summed E-state index contributed by atoms with van der Waals surface area (Å²) in [5.74, 6) is 0. The Labute approximate surface area is 108 Å². The number of amides is 2. The lowest BCUT2D eigenvalue weighted by atomic mass is 10.2. The molecular weight excluding hydrogens is 228 g/mol. The molecule has 4 nitrogen and oxygen atoms in total. The highest BCUT2D eigenvalue weighted by Gasteiger charge is 2.25. The summed E-state index contributed by atoms with van der Waals surface area (Å²) in [6.07, 6.45) is 3.23. The first-order chi connectivity index (χ1) is 8.78. The molecule has 0 heterocycles. The summed E-state index contributed by atoms with van der Waals surface area (Å²) < 4.78 is 5.28. The number of rotatable bonds is 4. The van der Waals surface area contributed by atoms with Crippen LogP contribution in [0.2, 0.25) is 0 Å². The van der Waals surface area contributed by atoms with Crippen molar-refractivity contribution in [2.45, 2.75) is 38.0 Å². The van der Waals surface area contributed by atoms with E-state index in [1.54, 1.807) is 7.11 Å². The lowest BCUT2D eigenvalue weighted by Crippen LogP contribution is -2.40. The van der Waals surface area contributed by atoms with Crippen LogP contribution in [-0.4, -0.2) is 25.3 Å². The van der Waals surface area contributed by atoms with E-state index in [0.717, 1.165) is 24.8 Å². The first-order valence-corrected chi connectivity index (χ1v) is 6.39. The number of carbonyl (C=O) groups excluding carboxylic acids is 1. The molecule has 2 atom stereocenters. The highest BCUT2D eigenvalue weighted by molar-refractivity contribution is 5.74. The lowest BCUT2D eigenvalue weighted by Gasteiger charge is -2.13. The molecule has 1 aromatic rings. The van der Waals surface area contributed by atoms with Crippen LogP contribution < -0.4 is 10.6 Å². The maximum absolute atomic E-state index is 11.7. The van der Waals surface area contributed by atoms with Gasteiger partial charge in [0.1, 0.15) is 0 Å². The van der Waals surface area contributed by atoms with Gasteiger partial charge in [-0.05, 0) is 24.8 Å². The van der Waals surface area contributed by atoms with Gasteiger partial charge >= 0.3 is 6.03 Å². The predicted molar refractivity (Wildman–Crippen MR) is 70.2 cm³/mol. The molecule has 4 heteroatoms. The molecule has 1 aliphatic rings. The van der Waals surface area contributed by atoms with Gasteiger partial charge in [-0.15, -0.1) is 0 Å². The fourth-order valence-corrected chi connectivity index (χ4v) is 2.30. The minimum Gasteiger partial charge on any atom is -0.381 e. The van der Waals surface area contributed by atoms with Gasteiger partial charge in [-0.2, -0.15) is 0 Å². The molecule has 1 aromatic carbocycles. The van der Waals surface area contributed by atoms with Crippen LogP contribution in [0.4, 0.5) is 4.79 Å². The third-order valence-corrected chi connectivity index (χ3v) is 3.35. The van der Waals surface area contributed by atoms with Crippen molar-refractivity contribution in [3.63, 3.8) is 0 Å². The van der Waals surface area contributed by atoms with Gasteiger partial charge < -0.3 is 15.4 Å². The largest absolute Gasteiger partial charge is 0.381 e. The second-order valence-corrected chi connectivity index (χ2v) is 4.68. The van der Waals surface area contributed by atoms with Crippen molar-refractivity contribution in [2.24, 2.45) is 0 Å². The molecule has 1 aliphatic carbocycles. The third kappa shape index (κ3) is 3.74. The molecular formula is C14H20N2O2. The molecule has 2 unspecified atom stereocenters. The van der Waals surface area contributed by atoms with Crippen LogP contribution in [-0.2, 0) is 11.3 Å². The van der Waals surface area contributed by atoms with Crippen LogP contribution in [0, 0.1) is 0 Å². The highest BCUT2D eigenvalue weighted by Crippen LogP contribution is 2.21. The number of carbonyl (C=O) groups is 1. The first kappa shape index (κ1) is 12.9. The van der Waals surface area contributed by atoms with Crippen molar-refractivity contribution in [1.82, 2.24) is 10.6 Å². The Morgan fingerprint density at radius 1 is 1.33 bits per heavy atom. The zero-order valence-electron chi connectivity index (χ0n) is 10.7. The average molecular weight is 248 g/mol. The molecule has 1 fully saturated rings. The van der Waals surface area contributed by atoms with E-state index in [9.17, 15) is 4.79 Å². The Hall–Kier alpha value is -1.55. The van der Waals surface area contributed by atoms with Crippen LogP contribution >= 0.6 is 0 Å². The summed E-state index contributed by atoms with van der Waals surface area (Å²) in [7, 11) is 1.72. The minimum absolute atomic E-state index is 0.0967.